The summed E-state index contributed by atoms with van der Waals surface area (Å²) in [5.41, 5.74) is -0.137. The lowest BCUT2D eigenvalue weighted by Crippen LogP contribution is -2.44. The molecule has 0 saturated carbocycles. The fraction of sp³-hybridized carbons (Fsp3) is 0.240. The molecule has 2 aromatic carbocycles. The minimum absolute atomic E-state index is 0.0134. The number of anilines is 1. The molecule has 0 aliphatic carbocycles. The summed E-state index contributed by atoms with van der Waals surface area (Å²) in [6, 6.07) is 13.1. The SMILES string of the molecule is O=C(N[C@@H]1C(=O)N(c2cccn(CC(F)F)c2=O)C[C@H]1c1ccc(Cl)cc1)c1ccc(OC(F)F)cc1. The number of ether oxygens (including phenoxy) is 1. The van der Waals surface area contributed by atoms with Gasteiger partial charge in [0, 0.05) is 29.2 Å². The maximum Gasteiger partial charge on any atom is 0.387 e. The van der Waals surface area contributed by atoms with Crippen molar-refractivity contribution in [3.63, 3.8) is 0 Å². The molecule has 12 heteroatoms. The lowest BCUT2D eigenvalue weighted by molar-refractivity contribution is -0.118. The number of hydrogen-bond donors (Lipinski definition) is 1. The zero-order valence-corrected chi connectivity index (χ0v) is 19.7. The van der Waals surface area contributed by atoms with Gasteiger partial charge in [0.25, 0.3) is 17.9 Å². The summed E-state index contributed by atoms with van der Waals surface area (Å²) in [5.74, 6) is -2.03. The molecule has 194 valence electrons. The number of halogens is 5. The number of aromatic nitrogens is 1. The van der Waals surface area contributed by atoms with E-state index in [-0.39, 0.29) is 23.5 Å². The van der Waals surface area contributed by atoms with Gasteiger partial charge < -0.3 is 19.5 Å². The van der Waals surface area contributed by atoms with E-state index in [1.807, 2.05) is 0 Å². The van der Waals surface area contributed by atoms with Crippen LogP contribution in [0.4, 0.5) is 23.2 Å². The van der Waals surface area contributed by atoms with Crippen molar-refractivity contribution < 1.29 is 31.9 Å². The third-order valence-electron chi connectivity index (χ3n) is 5.87. The Morgan fingerprint density at radius 2 is 1.70 bits per heavy atom. The summed E-state index contributed by atoms with van der Waals surface area (Å²) in [4.78, 5) is 40.4. The highest BCUT2D eigenvalue weighted by Crippen LogP contribution is 2.32. The van der Waals surface area contributed by atoms with E-state index in [1.165, 1.54) is 42.6 Å². The molecule has 1 saturated heterocycles. The second kappa shape index (κ2) is 11.0. The number of hydrogen-bond acceptors (Lipinski definition) is 4. The van der Waals surface area contributed by atoms with E-state index in [4.69, 9.17) is 11.6 Å². The van der Waals surface area contributed by atoms with E-state index in [1.54, 1.807) is 24.3 Å². The first-order valence-corrected chi connectivity index (χ1v) is 11.4. The van der Waals surface area contributed by atoms with E-state index in [0.717, 1.165) is 9.47 Å². The van der Waals surface area contributed by atoms with Crippen LogP contribution < -0.4 is 20.5 Å². The van der Waals surface area contributed by atoms with Gasteiger partial charge in [-0.2, -0.15) is 8.78 Å². The van der Waals surface area contributed by atoms with Crippen LogP contribution in [0.25, 0.3) is 0 Å². The molecule has 1 aromatic heterocycles. The highest BCUT2D eigenvalue weighted by Gasteiger charge is 2.43. The van der Waals surface area contributed by atoms with E-state index in [2.05, 4.69) is 10.1 Å². The van der Waals surface area contributed by atoms with Crippen molar-refractivity contribution in [3.8, 4) is 5.75 Å². The average Bonchev–Trinajstić information content (AvgIpc) is 3.16. The molecular weight excluding hydrogens is 518 g/mol. The Labute approximate surface area is 213 Å². The van der Waals surface area contributed by atoms with E-state index in [9.17, 15) is 31.9 Å². The molecule has 4 rings (SSSR count). The summed E-state index contributed by atoms with van der Waals surface area (Å²) in [5, 5.41) is 3.11. The van der Waals surface area contributed by atoms with Crippen molar-refractivity contribution in [2.45, 2.75) is 31.5 Å². The predicted molar refractivity (Wildman–Crippen MR) is 128 cm³/mol. The maximum atomic E-state index is 13.5. The van der Waals surface area contributed by atoms with Crippen LogP contribution in [0.3, 0.4) is 0 Å². The fourth-order valence-electron chi connectivity index (χ4n) is 4.15. The third-order valence-corrected chi connectivity index (χ3v) is 6.12. The van der Waals surface area contributed by atoms with Crippen LogP contribution in [0.5, 0.6) is 5.75 Å². The molecule has 1 aliphatic heterocycles. The Morgan fingerprint density at radius 1 is 1.03 bits per heavy atom. The molecule has 7 nitrogen and oxygen atoms in total. The summed E-state index contributed by atoms with van der Waals surface area (Å²) >= 11 is 5.99. The van der Waals surface area contributed by atoms with Crippen molar-refractivity contribution in [1.82, 2.24) is 9.88 Å². The van der Waals surface area contributed by atoms with Crippen LogP contribution in [0.15, 0.2) is 71.7 Å². The van der Waals surface area contributed by atoms with Crippen LogP contribution >= 0.6 is 11.6 Å². The van der Waals surface area contributed by atoms with E-state index >= 15 is 0 Å². The molecule has 1 N–H and O–H groups in total. The Bertz CT molecular complexity index is 1330. The van der Waals surface area contributed by atoms with Crippen molar-refractivity contribution in [3.05, 3.63) is 93.4 Å². The number of pyridine rings is 1. The van der Waals surface area contributed by atoms with Crippen LogP contribution in [-0.2, 0) is 11.3 Å². The number of carbonyl (C=O) groups excluding carboxylic acids is 2. The fourth-order valence-corrected chi connectivity index (χ4v) is 4.28. The molecule has 0 unspecified atom stereocenters. The third kappa shape index (κ3) is 5.93. The standard InChI is InChI=1S/C25H20ClF4N3O4/c26-16-7-3-14(4-8-16)18-12-33(19-2-1-11-32(23(19)35)13-20(27)28)24(36)21(18)31-22(34)15-5-9-17(10-6-15)37-25(29)30/h1-11,18,20-21,25H,12-13H2,(H,31,34)/t18-,21-/m0/s1. The molecule has 0 radical (unpaired) electrons. The number of alkyl halides is 4. The highest BCUT2D eigenvalue weighted by atomic mass is 35.5. The molecule has 0 bridgehead atoms. The molecule has 1 fully saturated rings. The zero-order valence-electron chi connectivity index (χ0n) is 19.0. The number of nitrogens with one attached hydrogen (secondary N) is 1. The van der Waals surface area contributed by atoms with Gasteiger partial charge in [-0.05, 0) is 54.1 Å². The lowest BCUT2D eigenvalue weighted by Gasteiger charge is -2.19. The van der Waals surface area contributed by atoms with Crippen molar-refractivity contribution in [2.75, 3.05) is 11.4 Å². The molecule has 3 aromatic rings. The summed E-state index contributed by atoms with van der Waals surface area (Å²) in [6.07, 6.45) is -1.57. The maximum absolute atomic E-state index is 13.5. The van der Waals surface area contributed by atoms with Gasteiger partial charge in [-0.25, -0.2) is 8.78 Å². The van der Waals surface area contributed by atoms with Crippen molar-refractivity contribution >= 4 is 29.1 Å². The number of rotatable bonds is 8. The van der Waals surface area contributed by atoms with E-state index in [0.29, 0.717) is 10.6 Å². The van der Waals surface area contributed by atoms with Gasteiger partial charge in [-0.3, -0.25) is 14.4 Å². The van der Waals surface area contributed by atoms with Crippen LogP contribution in [0.2, 0.25) is 5.02 Å². The molecular formula is C25H20ClF4N3O4. The number of nitrogens with zero attached hydrogens (tertiary/aromatic N) is 2. The number of benzene rings is 2. The zero-order chi connectivity index (χ0) is 26.7. The first kappa shape index (κ1) is 26.2. The quantitative estimate of drug-likeness (QED) is 0.435. The monoisotopic (exact) mass is 537 g/mol. The van der Waals surface area contributed by atoms with Gasteiger partial charge in [-0.15, -0.1) is 0 Å². The van der Waals surface area contributed by atoms with Gasteiger partial charge in [0.05, 0.1) is 6.54 Å². The second-order valence-corrected chi connectivity index (χ2v) is 8.64. The smallest absolute Gasteiger partial charge is 0.387 e. The molecule has 2 heterocycles. The first-order chi connectivity index (χ1) is 17.6. The van der Waals surface area contributed by atoms with Crippen LogP contribution in [0.1, 0.15) is 21.8 Å². The van der Waals surface area contributed by atoms with Gasteiger partial charge in [-0.1, -0.05) is 23.7 Å². The summed E-state index contributed by atoms with van der Waals surface area (Å²) in [6.45, 7) is -3.87. The Morgan fingerprint density at radius 3 is 2.32 bits per heavy atom. The van der Waals surface area contributed by atoms with Crippen LogP contribution in [0, 0.1) is 0 Å². The summed E-state index contributed by atoms with van der Waals surface area (Å²) in [7, 11) is 0. The minimum Gasteiger partial charge on any atom is -0.435 e. The average molecular weight is 538 g/mol. The Kier molecular flexibility index (Phi) is 7.82. The molecule has 2 amide bonds. The topological polar surface area (TPSA) is 80.6 Å². The van der Waals surface area contributed by atoms with Gasteiger partial charge >= 0.3 is 6.61 Å². The Hall–Kier alpha value is -3.86. The molecule has 0 spiro atoms. The molecule has 1 aliphatic rings. The molecule has 2 atom stereocenters. The largest absolute Gasteiger partial charge is 0.435 e. The minimum atomic E-state index is -3.02. The lowest BCUT2D eigenvalue weighted by atomic mass is 9.94. The first-order valence-electron chi connectivity index (χ1n) is 11.0. The Balaban J connectivity index is 1.64. The van der Waals surface area contributed by atoms with Gasteiger partial charge in [0.1, 0.15) is 17.5 Å². The number of amides is 2. The van der Waals surface area contributed by atoms with Gasteiger partial charge in [0.2, 0.25) is 5.91 Å². The van der Waals surface area contributed by atoms with Crippen LogP contribution in [-0.4, -0.2) is 42.0 Å². The molecule has 37 heavy (non-hydrogen) atoms. The summed E-state index contributed by atoms with van der Waals surface area (Å²) < 4.78 is 55.7. The number of carbonyl (C=O) groups is 2. The van der Waals surface area contributed by atoms with E-state index < -0.39 is 48.9 Å². The second-order valence-electron chi connectivity index (χ2n) is 8.20. The predicted octanol–water partition coefficient (Wildman–Crippen LogP) is 4.30. The highest BCUT2D eigenvalue weighted by molar-refractivity contribution is 6.30. The normalized spacial score (nSPS) is 17.5. The van der Waals surface area contributed by atoms with Gasteiger partial charge in [0.15, 0.2) is 0 Å². The van der Waals surface area contributed by atoms with Crippen molar-refractivity contribution in [2.24, 2.45) is 0 Å². The van der Waals surface area contributed by atoms with Crippen molar-refractivity contribution in [1.29, 1.82) is 0 Å².